The lowest BCUT2D eigenvalue weighted by molar-refractivity contribution is -0.117. The van der Waals surface area contributed by atoms with Crippen LogP contribution >= 0.6 is 15.9 Å². The van der Waals surface area contributed by atoms with Gasteiger partial charge in [0.1, 0.15) is 11.5 Å². The third-order valence-corrected chi connectivity index (χ3v) is 5.56. The normalized spacial score (nSPS) is 17.0. The Morgan fingerprint density at radius 2 is 2.04 bits per heavy atom. The van der Waals surface area contributed by atoms with Crippen LogP contribution in [0.2, 0.25) is 0 Å². The molecular weight excluding hydrogens is 408 g/mol. The van der Waals surface area contributed by atoms with Crippen molar-refractivity contribution in [2.75, 3.05) is 32.6 Å². The number of rotatable bonds is 6. The fraction of sp³-hybridized carbons (Fsp3) is 0.381. The highest BCUT2D eigenvalue weighted by molar-refractivity contribution is 9.10. The number of methoxy groups -OCH3 is 2. The van der Waals surface area contributed by atoms with Gasteiger partial charge < -0.3 is 14.8 Å². The summed E-state index contributed by atoms with van der Waals surface area (Å²) in [4.78, 5) is 14.8. The van der Waals surface area contributed by atoms with Crippen molar-refractivity contribution < 1.29 is 14.3 Å². The summed E-state index contributed by atoms with van der Waals surface area (Å²) in [6.45, 7) is 3.26. The minimum Gasteiger partial charge on any atom is -0.497 e. The zero-order valence-corrected chi connectivity index (χ0v) is 17.5. The van der Waals surface area contributed by atoms with E-state index in [0.717, 1.165) is 52.2 Å². The van der Waals surface area contributed by atoms with Crippen LogP contribution in [0.1, 0.15) is 30.0 Å². The Kier molecular flexibility index (Phi) is 6.39. The number of carbonyl (C=O) groups excluding carboxylic acids is 1. The number of aryl methyl sites for hydroxylation is 1. The van der Waals surface area contributed by atoms with Gasteiger partial charge >= 0.3 is 0 Å². The largest absolute Gasteiger partial charge is 0.497 e. The van der Waals surface area contributed by atoms with Gasteiger partial charge in [0.25, 0.3) is 0 Å². The van der Waals surface area contributed by atoms with Crippen molar-refractivity contribution in [1.29, 1.82) is 0 Å². The van der Waals surface area contributed by atoms with Gasteiger partial charge in [-0.3, -0.25) is 9.69 Å². The average molecular weight is 433 g/mol. The number of halogens is 1. The third-order valence-electron chi connectivity index (χ3n) is 4.91. The van der Waals surface area contributed by atoms with E-state index in [4.69, 9.17) is 9.47 Å². The number of ether oxygens (including phenoxy) is 2. The first kappa shape index (κ1) is 19.7. The summed E-state index contributed by atoms with van der Waals surface area (Å²) >= 11 is 3.51. The van der Waals surface area contributed by atoms with Gasteiger partial charge in [-0.1, -0.05) is 12.1 Å². The fourth-order valence-electron chi connectivity index (χ4n) is 3.56. The molecule has 1 N–H and O–H groups in total. The van der Waals surface area contributed by atoms with Gasteiger partial charge in [-0.2, -0.15) is 0 Å². The number of nitrogens with zero attached hydrogens (tertiary/aromatic N) is 1. The quantitative estimate of drug-likeness (QED) is 0.727. The van der Waals surface area contributed by atoms with Crippen molar-refractivity contribution in [3.05, 3.63) is 52.0 Å². The van der Waals surface area contributed by atoms with Crippen LogP contribution in [0.5, 0.6) is 11.5 Å². The molecule has 5 nitrogen and oxygen atoms in total. The maximum Gasteiger partial charge on any atom is 0.238 e. The van der Waals surface area contributed by atoms with Crippen molar-refractivity contribution >= 4 is 27.5 Å². The predicted octanol–water partition coefficient (Wildman–Crippen LogP) is 4.55. The van der Waals surface area contributed by atoms with Gasteiger partial charge in [-0.15, -0.1) is 0 Å². The van der Waals surface area contributed by atoms with Crippen molar-refractivity contribution in [1.82, 2.24) is 4.90 Å². The molecule has 0 saturated carbocycles. The Morgan fingerprint density at radius 1 is 1.22 bits per heavy atom. The first-order valence-corrected chi connectivity index (χ1v) is 9.83. The molecular formula is C21H25BrN2O3. The molecule has 1 saturated heterocycles. The van der Waals surface area contributed by atoms with Crippen molar-refractivity contribution in [2.24, 2.45) is 0 Å². The summed E-state index contributed by atoms with van der Waals surface area (Å²) < 4.78 is 11.7. The van der Waals surface area contributed by atoms with E-state index in [1.165, 1.54) is 0 Å². The van der Waals surface area contributed by atoms with E-state index in [2.05, 4.69) is 26.1 Å². The molecule has 27 heavy (non-hydrogen) atoms. The molecule has 0 spiro atoms. The molecule has 2 aromatic rings. The van der Waals surface area contributed by atoms with Gasteiger partial charge in [0.15, 0.2) is 0 Å². The lowest BCUT2D eigenvalue weighted by atomic mass is 10.0. The lowest BCUT2D eigenvalue weighted by Crippen LogP contribution is -2.33. The average Bonchev–Trinajstić information content (AvgIpc) is 3.11. The van der Waals surface area contributed by atoms with Crippen LogP contribution < -0.4 is 14.8 Å². The molecule has 1 fully saturated rings. The second kappa shape index (κ2) is 8.76. The third kappa shape index (κ3) is 4.62. The summed E-state index contributed by atoms with van der Waals surface area (Å²) in [5.41, 5.74) is 3.04. The zero-order valence-electron chi connectivity index (χ0n) is 15.9. The van der Waals surface area contributed by atoms with E-state index in [1.54, 1.807) is 14.2 Å². The van der Waals surface area contributed by atoms with Gasteiger partial charge in [0.2, 0.25) is 5.91 Å². The highest BCUT2D eigenvalue weighted by Gasteiger charge is 2.30. The minimum atomic E-state index is -0.0149. The molecule has 1 aliphatic rings. The molecule has 6 heteroatoms. The summed E-state index contributed by atoms with van der Waals surface area (Å²) in [5.74, 6) is 1.55. The lowest BCUT2D eigenvalue weighted by Gasteiger charge is -2.26. The Hall–Kier alpha value is -2.05. The molecule has 3 rings (SSSR count). The van der Waals surface area contributed by atoms with Crippen LogP contribution in [-0.2, 0) is 4.79 Å². The Morgan fingerprint density at radius 3 is 2.74 bits per heavy atom. The van der Waals surface area contributed by atoms with Crippen molar-refractivity contribution in [2.45, 2.75) is 25.8 Å². The van der Waals surface area contributed by atoms with Crippen molar-refractivity contribution in [3.63, 3.8) is 0 Å². The number of nitrogens with one attached hydrogen (secondary N) is 1. The number of benzene rings is 2. The second-order valence-electron chi connectivity index (χ2n) is 6.77. The van der Waals surface area contributed by atoms with Gasteiger partial charge in [-0.25, -0.2) is 0 Å². The van der Waals surface area contributed by atoms with E-state index < -0.39 is 0 Å². The molecule has 0 aromatic heterocycles. The first-order valence-electron chi connectivity index (χ1n) is 9.04. The SMILES string of the molecule is COc1ccc(C2CCCN2CC(=O)Nc2ccc(C)cc2Br)c(OC)c1. The number of hydrogen-bond donors (Lipinski definition) is 1. The Balaban J connectivity index is 1.72. The van der Waals surface area contributed by atoms with Gasteiger partial charge in [0, 0.05) is 22.1 Å². The van der Waals surface area contributed by atoms with Crippen LogP contribution in [0.3, 0.4) is 0 Å². The minimum absolute atomic E-state index is 0.0149. The standard InChI is InChI=1S/C21H25BrN2O3/c1-14-6-9-18(17(22)11-14)23-21(25)13-24-10-4-5-19(24)16-8-7-15(26-2)12-20(16)27-3/h6-9,11-12,19H,4-5,10,13H2,1-3H3,(H,23,25). The maximum absolute atomic E-state index is 12.6. The zero-order chi connectivity index (χ0) is 19.4. The summed E-state index contributed by atoms with van der Waals surface area (Å²) in [5, 5.41) is 3.00. The summed E-state index contributed by atoms with van der Waals surface area (Å²) in [6.07, 6.45) is 2.06. The van der Waals surface area contributed by atoms with Crippen LogP contribution in [0.25, 0.3) is 0 Å². The molecule has 144 valence electrons. The van der Waals surface area contributed by atoms with E-state index in [0.29, 0.717) is 6.54 Å². The van der Waals surface area contributed by atoms with E-state index in [9.17, 15) is 4.79 Å². The molecule has 1 amide bonds. The number of likely N-dealkylation sites (tertiary alicyclic amines) is 1. The van der Waals surface area contributed by atoms with Crippen LogP contribution in [0.4, 0.5) is 5.69 Å². The van der Waals surface area contributed by atoms with Crippen LogP contribution in [-0.4, -0.2) is 38.1 Å². The molecule has 1 aliphatic heterocycles. The smallest absolute Gasteiger partial charge is 0.238 e. The molecule has 2 aromatic carbocycles. The van der Waals surface area contributed by atoms with Gasteiger partial charge in [0.05, 0.1) is 26.5 Å². The first-order chi connectivity index (χ1) is 13.0. The Labute approximate surface area is 168 Å². The topological polar surface area (TPSA) is 50.8 Å². The predicted molar refractivity (Wildman–Crippen MR) is 111 cm³/mol. The summed E-state index contributed by atoms with van der Waals surface area (Å²) in [7, 11) is 3.31. The second-order valence-corrected chi connectivity index (χ2v) is 7.62. The highest BCUT2D eigenvalue weighted by atomic mass is 79.9. The maximum atomic E-state index is 12.6. The van der Waals surface area contributed by atoms with Crippen LogP contribution in [0.15, 0.2) is 40.9 Å². The van der Waals surface area contributed by atoms with E-state index in [-0.39, 0.29) is 11.9 Å². The monoisotopic (exact) mass is 432 g/mol. The molecule has 1 heterocycles. The number of anilines is 1. The molecule has 0 radical (unpaired) electrons. The number of carbonyl (C=O) groups is 1. The van der Waals surface area contributed by atoms with E-state index in [1.807, 2.05) is 43.3 Å². The van der Waals surface area contributed by atoms with Gasteiger partial charge in [-0.05, 0) is 66.0 Å². The molecule has 0 bridgehead atoms. The van der Waals surface area contributed by atoms with E-state index >= 15 is 0 Å². The number of amides is 1. The van der Waals surface area contributed by atoms with Crippen molar-refractivity contribution in [3.8, 4) is 11.5 Å². The fourth-order valence-corrected chi connectivity index (χ4v) is 4.15. The molecule has 1 atom stereocenters. The molecule has 0 aliphatic carbocycles. The van der Waals surface area contributed by atoms with Crippen LogP contribution in [0, 0.1) is 6.92 Å². The number of hydrogen-bond acceptors (Lipinski definition) is 4. The highest BCUT2D eigenvalue weighted by Crippen LogP contribution is 2.38. The molecule has 1 unspecified atom stereocenters. The Bertz CT molecular complexity index is 825. The summed E-state index contributed by atoms with van der Waals surface area (Å²) in [6, 6.07) is 11.9.